The second-order valence-electron chi connectivity index (χ2n) is 9.47. The van der Waals surface area contributed by atoms with Gasteiger partial charge in [0, 0.05) is 40.7 Å². The molecule has 0 fully saturated rings. The number of imidazole rings is 1. The zero-order valence-electron chi connectivity index (χ0n) is 22.7. The number of hydrogen-bond acceptors (Lipinski definition) is 9. The van der Waals surface area contributed by atoms with Gasteiger partial charge in [-0.25, -0.2) is 9.78 Å². The predicted molar refractivity (Wildman–Crippen MR) is 155 cm³/mol. The van der Waals surface area contributed by atoms with E-state index in [1.165, 1.54) is 24.2 Å². The summed E-state index contributed by atoms with van der Waals surface area (Å²) in [5.41, 5.74) is 3.39. The molecule has 0 spiro atoms. The molecule has 1 aliphatic heterocycles. The van der Waals surface area contributed by atoms with Crippen LogP contribution in [0, 0.1) is 0 Å². The number of tetrazole rings is 1. The van der Waals surface area contributed by atoms with Crippen molar-refractivity contribution in [2.45, 2.75) is 12.5 Å². The second-order valence-corrected chi connectivity index (χ2v) is 9.91. The standard InChI is InChI=1S/C27H27ClN10O4/c1-37-10-9-20(32-24(39)8-3-16-11-17(28)4-7-23(16)38-15-30-35-36-38)26-29-13-22(34-26)19-6-5-18(31-27(41)42-2)12-21(19)33-25(40)14-37/h3-8,11-13,15,20H,9-10,14H2,1-2H3,(H,29,34)(H,31,41)(H,32,39)(H,33,40)/b8-3+/t20-/m0/s1. The average molecular weight is 591 g/mol. The Morgan fingerprint density at radius 2 is 2.07 bits per heavy atom. The third kappa shape index (κ3) is 6.79. The molecule has 2 aromatic carbocycles. The summed E-state index contributed by atoms with van der Waals surface area (Å²) in [6.45, 7) is 0.606. The number of likely N-dealkylation sites (N-methyl/N-ethyl adjacent to an activating group) is 1. The maximum atomic E-state index is 13.1. The van der Waals surface area contributed by atoms with E-state index in [-0.39, 0.29) is 18.4 Å². The van der Waals surface area contributed by atoms with Gasteiger partial charge in [-0.2, -0.15) is 4.68 Å². The van der Waals surface area contributed by atoms with Gasteiger partial charge in [0.15, 0.2) is 0 Å². The third-order valence-electron chi connectivity index (χ3n) is 6.46. The number of amides is 3. The second kappa shape index (κ2) is 12.6. The minimum atomic E-state index is -0.633. The van der Waals surface area contributed by atoms with Crippen LogP contribution in [0.25, 0.3) is 23.0 Å². The Labute approximate surface area is 245 Å². The van der Waals surface area contributed by atoms with Gasteiger partial charge in [-0.3, -0.25) is 19.8 Å². The lowest BCUT2D eigenvalue weighted by Gasteiger charge is -2.22. The molecule has 0 radical (unpaired) electrons. The fourth-order valence-electron chi connectivity index (χ4n) is 4.44. The fraction of sp³-hybridized carbons (Fsp3) is 0.222. The Bertz CT molecular complexity index is 1640. The molecule has 0 saturated heterocycles. The number of benzene rings is 2. The summed E-state index contributed by atoms with van der Waals surface area (Å²) in [6, 6.07) is 9.74. The van der Waals surface area contributed by atoms with Crippen LogP contribution in [0.4, 0.5) is 16.2 Å². The van der Waals surface area contributed by atoms with Crippen molar-refractivity contribution in [3.05, 3.63) is 71.4 Å². The van der Waals surface area contributed by atoms with E-state index in [1.807, 2.05) is 11.9 Å². The molecule has 1 aliphatic rings. The zero-order chi connectivity index (χ0) is 29.6. The van der Waals surface area contributed by atoms with Crippen molar-refractivity contribution in [3.63, 3.8) is 0 Å². The minimum absolute atomic E-state index is 0.113. The summed E-state index contributed by atoms with van der Waals surface area (Å²) in [4.78, 5) is 47.4. The van der Waals surface area contributed by atoms with Gasteiger partial charge in [0.05, 0.1) is 36.8 Å². The molecule has 15 heteroatoms. The van der Waals surface area contributed by atoms with E-state index in [4.69, 9.17) is 16.6 Å². The summed E-state index contributed by atoms with van der Waals surface area (Å²) >= 11 is 6.19. The fourth-order valence-corrected chi connectivity index (χ4v) is 4.62. The van der Waals surface area contributed by atoms with E-state index in [1.54, 1.807) is 48.7 Å². The number of H-pyrrole nitrogens is 1. The molecule has 0 aliphatic carbocycles. The number of fused-ring (bicyclic) bond motifs is 4. The molecule has 1 atom stereocenters. The summed E-state index contributed by atoms with van der Waals surface area (Å²) in [5.74, 6) is -0.0485. The molecule has 2 aromatic heterocycles. The molecule has 3 heterocycles. The highest BCUT2D eigenvalue weighted by Gasteiger charge is 2.22. The number of rotatable bonds is 5. The topological polar surface area (TPSA) is 172 Å². The van der Waals surface area contributed by atoms with Gasteiger partial charge in [-0.05, 0) is 66.4 Å². The molecule has 4 aromatic rings. The smallest absolute Gasteiger partial charge is 0.411 e. The molecule has 216 valence electrons. The number of aromatic nitrogens is 6. The van der Waals surface area contributed by atoms with E-state index < -0.39 is 12.1 Å². The van der Waals surface area contributed by atoms with Crippen LogP contribution < -0.4 is 16.0 Å². The van der Waals surface area contributed by atoms with Crippen molar-refractivity contribution in [2.75, 3.05) is 37.9 Å². The first-order valence-electron chi connectivity index (χ1n) is 12.8. The first-order chi connectivity index (χ1) is 20.3. The van der Waals surface area contributed by atoms with Crippen molar-refractivity contribution in [3.8, 4) is 16.9 Å². The van der Waals surface area contributed by atoms with E-state index in [0.29, 0.717) is 57.7 Å². The third-order valence-corrected chi connectivity index (χ3v) is 6.69. The summed E-state index contributed by atoms with van der Waals surface area (Å²) in [6.07, 6.45) is 6.04. The highest BCUT2D eigenvalue weighted by molar-refractivity contribution is 6.30. The molecule has 5 rings (SSSR count). The van der Waals surface area contributed by atoms with Crippen molar-refractivity contribution in [1.82, 2.24) is 40.4 Å². The van der Waals surface area contributed by atoms with Crippen molar-refractivity contribution < 1.29 is 19.1 Å². The van der Waals surface area contributed by atoms with E-state index in [2.05, 4.69) is 41.2 Å². The normalized spacial score (nSPS) is 15.7. The number of carbonyl (C=O) groups is 3. The number of hydrogen-bond donors (Lipinski definition) is 4. The van der Waals surface area contributed by atoms with Gasteiger partial charge in [0.25, 0.3) is 0 Å². The van der Waals surface area contributed by atoms with Gasteiger partial charge in [0.2, 0.25) is 11.8 Å². The molecule has 0 unspecified atom stereocenters. The van der Waals surface area contributed by atoms with Gasteiger partial charge in [-0.1, -0.05) is 11.6 Å². The van der Waals surface area contributed by atoms with Gasteiger partial charge < -0.3 is 20.4 Å². The quantitative estimate of drug-likeness (QED) is 0.255. The van der Waals surface area contributed by atoms with Crippen LogP contribution in [0.15, 0.2) is 55.0 Å². The molecule has 14 nitrogen and oxygen atoms in total. The molecule has 0 saturated carbocycles. The van der Waals surface area contributed by atoms with Gasteiger partial charge in [0.1, 0.15) is 12.2 Å². The number of aromatic amines is 1. The lowest BCUT2D eigenvalue weighted by molar-refractivity contribution is -0.118. The first kappa shape index (κ1) is 28.4. The Morgan fingerprint density at radius 1 is 1.21 bits per heavy atom. The number of carbonyl (C=O) groups excluding carboxylic acids is 3. The van der Waals surface area contributed by atoms with Gasteiger partial charge >= 0.3 is 6.09 Å². The molecule has 3 amide bonds. The Kier molecular flexibility index (Phi) is 8.55. The van der Waals surface area contributed by atoms with Crippen LogP contribution in [0.5, 0.6) is 0 Å². The summed E-state index contributed by atoms with van der Waals surface area (Å²) in [5, 5.41) is 20.2. The molecular formula is C27H27ClN10O4. The number of anilines is 2. The van der Waals surface area contributed by atoms with Crippen molar-refractivity contribution in [1.29, 1.82) is 0 Å². The number of nitrogens with zero attached hydrogens (tertiary/aromatic N) is 6. The van der Waals surface area contributed by atoms with Gasteiger partial charge in [-0.15, -0.1) is 5.10 Å². The van der Waals surface area contributed by atoms with E-state index in [9.17, 15) is 14.4 Å². The Balaban J connectivity index is 1.41. The molecular weight excluding hydrogens is 564 g/mol. The van der Waals surface area contributed by atoms with E-state index >= 15 is 0 Å². The highest BCUT2D eigenvalue weighted by atomic mass is 35.5. The predicted octanol–water partition coefficient (Wildman–Crippen LogP) is 3.03. The maximum Gasteiger partial charge on any atom is 0.411 e. The lowest BCUT2D eigenvalue weighted by atomic mass is 10.1. The minimum Gasteiger partial charge on any atom is -0.453 e. The number of nitrogens with one attached hydrogen (secondary N) is 4. The van der Waals surface area contributed by atoms with Crippen LogP contribution in [0.2, 0.25) is 5.02 Å². The Morgan fingerprint density at radius 3 is 2.86 bits per heavy atom. The first-order valence-corrected chi connectivity index (χ1v) is 13.2. The maximum absolute atomic E-state index is 13.1. The average Bonchev–Trinajstić information content (AvgIpc) is 3.67. The van der Waals surface area contributed by atoms with Crippen LogP contribution >= 0.6 is 11.6 Å². The molecule has 2 bridgehead atoms. The van der Waals surface area contributed by atoms with E-state index in [0.717, 1.165) is 0 Å². The zero-order valence-corrected chi connectivity index (χ0v) is 23.4. The number of ether oxygens (including phenoxy) is 1. The molecule has 4 N–H and O–H groups in total. The van der Waals surface area contributed by atoms with Crippen molar-refractivity contribution >= 4 is 47.0 Å². The van der Waals surface area contributed by atoms with Crippen LogP contribution in [0.3, 0.4) is 0 Å². The summed E-state index contributed by atoms with van der Waals surface area (Å²) in [7, 11) is 3.08. The number of methoxy groups -OCH3 is 1. The largest absolute Gasteiger partial charge is 0.453 e. The monoisotopic (exact) mass is 590 g/mol. The van der Waals surface area contributed by atoms with Crippen LogP contribution in [-0.4, -0.2) is 80.2 Å². The lowest BCUT2D eigenvalue weighted by Crippen LogP contribution is -2.35. The highest BCUT2D eigenvalue weighted by Crippen LogP contribution is 2.31. The van der Waals surface area contributed by atoms with Crippen LogP contribution in [0.1, 0.15) is 23.9 Å². The summed E-state index contributed by atoms with van der Waals surface area (Å²) < 4.78 is 6.14. The molecule has 42 heavy (non-hydrogen) atoms. The SMILES string of the molecule is COC(=O)Nc1ccc2c(c1)NC(=O)CN(C)CC[C@H](NC(=O)/C=C/c1cc(Cl)ccc1-n1cnnn1)c1nc-2c[nH]1. The van der Waals surface area contributed by atoms with Crippen LogP contribution in [-0.2, 0) is 14.3 Å². The van der Waals surface area contributed by atoms with Crippen molar-refractivity contribution in [2.24, 2.45) is 0 Å². The number of halogens is 1. The Hall–Kier alpha value is -5.08.